The molecule has 0 bridgehead atoms. The number of aromatic nitrogens is 1. The Morgan fingerprint density at radius 1 is 0.957 bits per heavy atom. The van der Waals surface area contributed by atoms with Gasteiger partial charge in [0.15, 0.2) is 5.78 Å². The molecule has 5 nitrogen and oxygen atoms in total. The number of nitrogens with zero attached hydrogens (tertiary/aromatic N) is 1. The Morgan fingerprint density at radius 3 is 2.13 bits per heavy atom. The monoisotopic (exact) mass is 311 g/mol. The highest BCUT2D eigenvalue weighted by Gasteiger charge is 2.25. The van der Waals surface area contributed by atoms with Crippen molar-refractivity contribution >= 4 is 11.7 Å². The van der Waals surface area contributed by atoms with Crippen LogP contribution < -0.4 is 5.32 Å². The van der Waals surface area contributed by atoms with Crippen molar-refractivity contribution < 1.29 is 9.59 Å². The number of piperazine rings is 1. The van der Waals surface area contributed by atoms with Crippen molar-refractivity contribution in [2.45, 2.75) is 25.9 Å². The summed E-state index contributed by atoms with van der Waals surface area (Å²) in [6.45, 7) is 5.56. The van der Waals surface area contributed by atoms with Crippen LogP contribution in [0.1, 0.15) is 40.1 Å². The van der Waals surface area contributed by atoms with Crippen LogP contribution in [-0.4, -0.2) is 46.7 Å². The van der Waals surface area contributed by atoms with E-state index in [9.17, 15) is 9.59 Å². The molecule has 1 fully saturated rings. The molecule has 2 aromatic rings. The van der Waals surface area contributed by atoms with Gasteiger partial charge in [-0.3, -0.25) is 9.59 Å². The molecule has 2 atom stereocenters. The van der Waals surface area contributed by atoms with Crippen LogP contribution in [0.15, 0.2) is 42.7 Å². The molecule has 2 heterocycles. The molecule has 0 radical (unpaired) electrons. The van der Waals surface area contributed by atoms with Crippen LogP contribution in [0, 0.1) is 0 Å². The van der Waals surface area contributed by atoms with Crippen LogP contribution in [0.25, 0.3) is 0 Å². The summed E-state index contributed by atoms with van der Waals surface area (Å²) in [5, 5.41) is 3.41. The number of rotatable bonds is 3. The first-order valence-corrected chi connectivity index (χ1v) is 7.87. The van der Waals surface area contributed by atoms with E-state index in [0.29, 0.717) is 29.8 Å². The maximum atomic E-state index is 12.6. The van der Waals surface area contributed by atoms with Crippen molar-refractivity contribution in [1.29, 1.82) is 0 Å². The molecule has 1 aromatic carbocycles. The van der Waals surface area contributed by atoms with Crippen molar-refractivity contribution in [2.75, 3.05) is 13.1 Å². The summed E-state index contributed by atoms with van der Waals surface area (Å²) in [6.07, 6.45) is 3.39. The number of ketones is 1. The maximum absolute atomic E-state index is 12.6. The molecule has 2 N–H and O–H groups in total. The molecule has 1 saturated heterocycles. The minimum atomic E-state index is -0.0466. The Bertz CT molecular complexity index is 682. The van der Waals surface area contributed by atoms with Crippen LogP contribution in [-0.2, 0) is 0 Å². The zero-order chi connectivity index (χ0) is 16.4. The molecule has 0 saturated carbocycles. The van der Waals surface area contributed by atoms with E-state index >= 15 is 0 Å². The van der Waals surface area contributed by atoms with Crippen molar-refractivity contribution in [3.8, 4) is 0 Å². The van der Waals surface area contributed by atoms with Crippen LogP contribution in [0.5, 0.6) is 0 Å². The molecule has 1 amide bonds. The first-order chi connectivity index (χ1) is 11.0. The number of carbonyl (C=O) groups is 2. The standard InChI is InChI=1S/C18H21N3O2/c1-12-10-21(11-13(2)20-12)18(23)15-5-3-14(4-6-15)17(22)16-7-8-19-9-16/h3-9,12-13,19-20H,10-11H2,1-2H3/t12-,13-/m1/s1. The predicted molar refractivity (Wildman–Crippen MR) is 88.6 cm³/mol. The fraction of sp³-hybridized carbons (Fsp3) is 0.333. The van der Waals surface area contributed by atoms with E-state index in [4.69, 9.17) is 0 Å². The van der Waals surface area contributed by atoms with Gasteiger partial charge in [-0.2, -0.15) is 0 Å². The lowest BCUT2D eigenvalue weighted by atomic mass is 10.0. The van der Waals surface area contributed by atoms with E-state index < -0.39 is 0 Å². The van der Waals surface area contributed by atoms with Crippen LogP contribution in [0.3, 0.4) is 0 Å². The van der Waals surface area contributed by atoms with Crippen molar-refractivity contribution in [2.24, 2.45) is 0 Å². The van der Waals surface area contributed by atoms with Gasteiger partial charge >= 0.3 is 0 Å². The lowest BCUT2D eigenvalue weighted by Gasteiger charge is -2.36. The second kappa shape index (κ2) is 6.38. The quantitative estimate of drug-likeness (QED) is 0.853. The molecule has 3 rings (SSSR count). The topological polar surface area (TPSA) is 65.2 Å². The van der Waals surface area contributed by atoms with E-state index in [1.807, 2.05) is 4.90 Å². The Kier molecular flexibility index (Phi) is 4.30. The van der Waals surface area contributed by atoms with Gasteiger partial charge in [0.05, 0.1) is 0 Å². The third kappa shape index (κ3) is 3.35. The Labute approximate surface area is 135 Å². The Morgan fingerprint density at radius 2 is 1.57 bits per heavy atom. The first-order valence-electron chi connectivity index (χ1n) is 7.87. The minimum Gasteiger partial charge on any atom is -0.367 e. The fourth-order valence-electron chi connectivity index (χ4n) is 3.07. The van der Waals surface area contributed by atoms with Gasteiger partial charge in [-0.15, -0.1) is 0 Å². The van der Waals surface area contributed by atoms with Gasteiger partial charge in [-0.05, 0) is 32.0 Å². The lowest BCUT2D eigenvalue weighted by Crippen LogP contribution is -2.55. The average molecular weight is 311 g/mol. The highest BCUT2D eigenvalue weighted by Crippen LogP contribution is 2.14. The van der Waals surface area contributed by atoms with E-state index in [0.717, 1.165) is 0 Å². The van der Waals surface area contributed by atoms with Gasteiger partial charge in [0.2, 0.25) is 0 Å². The number of amides is 1. The molecule has 0 unspecified atom stereocenters. The molecule has 0 spiro atoms. The number of aromatic amines is 1. The highest BCUT2D eigenvalue weighted by molar-refractivity contribution is 6.09. The maximum Gasteiger partial charge on any atom is 0.253 e. The Hall–Kier alpha value is -2.40. The Balaban J connectivity index is 1.74. The van der Waals surface area contributed by atoms with E-state index in [-0.39, 0.29) is 23.8 Å². The van der Waals surface area contributed by atoms with E-state index in [1.54, 1.807) is 42.7 Å². The van der Waals surface area contributed by atoms with Crippen LogP contribution in [0.4, 0.5) is 0 Å². The molecule has 5 heteroatoms. The molecule has 1 aliphatic rings. The third-order valence-corrected chi connectivity index (χ3v) is 4.10. The number of H-pyrrole nitrogens is 1. The molecular weight excluding hydrogens is 290 g/mol. The number of hydrogen-bond acceptors (Lipinski definition) is 3. The molecule has 23 heavy (non-hydrogen) atoms. The zero-order valence-corrected chi connectivity index (χ0v) is 13.4. The van der Waals surface area contributed by atoms with Gasteiger partial charge in [-0.25, -0.2) is 0 Å². The molecule has 1 aromatic heterocycles. The molecule has 120 valence electrons. The normalized spacial score (nSPS) is 21.2. The average Bonchev–Trinajstić information content (AvgIpc) is 3.07. The smallest absolute Gasteiger partial charge is 0.253 e. The van der Waals surface area contributed by atoms with Crippen molar-refractivity contribution in [3.05, 3.63) is 59.4 Å². The van der Waals surface area contributed by atoms with Crippen LogP contribution >= 0.6 is 0 Å². The summed E-state index contributed by atoms with van der Waals surface area (Å²) in [4.78, 5) is 29.6. The lowest BCUT2D eigenvalue weighted by molar-refractivity contribution is 0.0673. The number of nitrogens with one attached hydrogen (secondary N) is 2. The van der Waals surface area contributed by atoms with E-state index in [2.05, 4.69) is 24.1 Å². The summed E-state index contributed by atoms with van der Waals surface area (Å²) in [7, 11) is 0. The number of hydrogen-bond donors (Lipinski definition) is 2. The van der Waals surface area contributed by atoms with Gasteiger partial charge in [0, 0.05) is 54.3 Å². The van der Waals surface area contributed by atoms with Gasteiger partial charge in [0.1, 0.15) is 0 Å². The highest BCUT2D eigenvalue weighted by atomic mass is 16.2. The van der Waals surface area contributed by atoms with Crippen molar-refractivity contribution in [3.63, 3.8) is 0 Å². The summed E-state index contributed by atoms with van der Waals surface area (Å²) >= 11 is 0. The fourth-order valence-corrected chi connectivity index (χ4v) is 3.07. The largest absolute Gasteiger partial charge is 0.367 e. The molecule has 0 aliphatic carbocycles. The van der Waals surface area contributed by atoms with Gasteiger partial charge in [0.25, 0.3) is 5.91 Å². The summed E-state index contributed by atoms with van der Waals surface area (Å²) in [6, 6.07) is 9.23. The SMILES string of the molecule is C[C@@H]1CN(C(=O)c2ccc(C(=O)c3cc[nH]c3)cc2)C[C@@H](C)N1. The van der Waals surface area contributed by atoms with Crippen LogP contribution in [0.2, 0.25) is 0 Å². The number of benzene rings is 1. The second-order valence-electron chi connectivity index (χ2n) is 6.19. The molecule has 1 aliphatic heterocycles. The second-order valence-corrected chi connectivity index (χ2v) is 6.19. The molecular formula is C18H21N3O2. The van der Waals surface area contributed by atoms with Crippen molar-refractivity contribution in [1.82, 2.24) is 15.2 Å². The van der Waals surface area contributed by atoms with Gasteiger partial charge in [-0.1, -0.05) is 12.1 Å². The summed E-state index contributed by atoms with van der Waals surface area (Å²) < 4.78 is 0. The van der Waals surface area contributed by atoms with Gasteiger partial charge < -0.3 is 15.2 Å². The third-order valence-electron chi connectivity index (χ3n) is 4.10. The minimum absolute atomic E-state index is 0.0193. The first kappa shape index (κ1) is 15.5. The zero-order valence-electron chi connectivity index (χ0n) is 13.4. The number of carbonyl (C=O) groups excluding carboxylic acids is 2. The summed E-state index contributed by atoms with van der Waals surface area (Å²) in [5.41, 5.74) is 1.83. The predicted octanol–water partition coefficient (Wildman–Crippen LogP) is 2.07. The summed E-state index contributed by atoms with van der Waals surface area (Å²) in [5.74, 6) is -0.0273. The van der Waals surface area contributed by atoms with E-state index in [1.165, 1.54) is 0 Å².